The minimum atomic E-state index is 0.198. The molecule has 3 aliphatic rings. The van der Waals surface area contributed by atoms with Gasteiger partial charge in [-0.25, -0.2) is 4.79 Å². The van der Waals surface area contributed by atoms with Gasteiger partial charge in [-0.1, -0.05) is 19.3 Å². The van der Waals surface area contributed by atoms with Crippen LogP contribution in [-0.4, -0.2) is 54.6 Å². The molecule has 2 amide bonds. The Morgan fingerprint density at radius 3 is 2.60 bits per heavy atom. The monoisotopic (exact) mass is 279 g/mol. The molecule has 0 radical (unpaired) electrons. The minimum absolute atomic E-state index is 0.198. The topological polar surface area (TPSA) is 35.6 Å². The van der Waals surface area contributed by atoms with Gasteiger partial charge in [0.05, 0.1) is 0 Å². The van der Waals surface area contributed by atoms with E-state index in [2.05, 4.69) is 22.2 Å². The third kappa shape index (κ3) is 3.11. The van der Waals surface area contributed by atoms with Crippen LogP contribution in [0.25, 0.3) is 0 Å². The second-order valence-electron chi connectivity index (χ2n) is 6.97. The van der Waals surface area contributed by atoms with Crippen molar-refractivity contribution in [1.29, 1.82) is 0 Å². The normalized spacial score (nSPS) is 32.8. The van der Waals surface area contributed by atoms with Crippen LogP contribution >= 0.6 is 0 Å². The van der Waals surface area contributed by atoms with Gasteiger partial charge in [0.15, 0.2) is 0 Å². The van der Waals surface area contributed by atoms with E-state index >= 15 is 0 Å². The highest BCUT2D eigenvalue weighted by Gasteiger charge is 2.36. The van der Waals surface area contributed by atoms with Crippen molar-refractivity contribution in [2.45, 2.75) is 63.5 Å². The summed E-state index contributed by atoms with van der Waals surface area (Å²) < 4.78 is 0. The van der Waals surface area contributed by atoms with E-state index in [4.69, 9.17) is 0 Å². The fourth-order valence-electron chi connectivity index (χ4n) is 4.35. The number of hydrogen-bond donors (Lipinski definition) is 1. The van der Waals surface area contributed by atoms with E-state index in [0.29, 0.717) is 18.0 Å². The lowest BCUT2D eigenvalue weighted by Crippen LogP contribution is -2.56. The third-order valence-corrected chi connectivity index (χ3v) is 5.57. The van der Waals surface area contributed by atoms with E-state index in [-0.39, 0.29) is 6.03 Å². The lowest BCUT2D eigenvalue weighted by molar-refractivity contribution is 0.0507. The first-order chi connectivity index (χ1) is 9.74. The van der Waals surface area contributed by atoms with E-state index in [0.717, 1.165) is 19.5 Å². The molecule has 0 bridgehead atoms. The summed E-state index contributed by atoms with van der Waals surface area (Å²) in [7, 11) is 2.24. The van der Waals surface area contributed by atoms with E-state index in [1.54, 1.807) is 0 Å². The number of amides is 2. The summed E-state index contributed by atoms with van der Waals surface area (Å²) in [5.74, 6) is 0.694. The summed E-state index contributed by atoms with van der Waals surface area (Å²) in [5, 5.41) is 3.27. The SMILES string of the molecule is CN1CCCC2CN(C(=O)NC3CCCCC3)CCC21. The average Bonchev–Trinajstić information content (AvgIpc) is 2.48. The second-order valence-corrected chi connectivity index (χ2v) is 6.97. The number of carbonyl (C=O) groups is 1. The fourth-order valence-corrected chi connectivity index (χ4v) is 4.35. The fraction of sp³-hybridized carbons (Fsp3) is 0.938. The van der Waals surface area contributed by atoms with Crippen LogP contribution in [0.3, 0.4) is 0 Å². The Bertz CT molecular complexity index is 341. The van der Waals surface area contributed by atoms with Crippen LogP contribution in [0.4, 0.5) is 4.79 Å². The first-order valence-corrected chi connectivity index (χ1v) is 8.50. The molecule has 2 aliphatic heterocycles. The molecular formula is C16H29N3O. The summed E-state index contributed by atoms with van der Waals surface area (Å²) in [6, 6.07) is 1.34. The molecule has 1 N–H and O–H groups in total. The highest BCUT2D eigenvalue weighted by atomic mass is 16.2. The maximum absolute atomic E-state index is 12.4. The van der Waals surface area contributed by atoms with Crippen molar-refractivity contribution in [2.75, 3.05) is 26.7 Å². The Morgan fingerprint density at radius 1 is 1.00 bits per heavy atom. The molecule has 3 fully saturated rings. The van der Waals surface area contributed by atoms with Crippen LogP contribution in [-0.2, 0) is 0 Å². The highest BCUT2D eigenvalue weighted by Crippen LogP contribution is 2.29. The number of fused-ring (bicyclic) bond motifs is 1. The van der Waals surface area contributed by atoms with E-state index in [1.807, 2.05) is 0 Å². The highest BCUT2D eigenvalue weighted by molar-refractivity contribution is 5.74. The first kappa shape index (κ1) is 14.2. The molecular weight excluding hydrogens is 250 g/mol. The summed E-state index contributed by atoms with van der Waals surface area (Å²) in [5.41, 5.74) is 0. The largest absolute Gasteiger partial charge is 0.335 e. The minimum Gasteiger partial charge on any atom is -0.335 e. The maximum atomic E-state index is 12.4. The number of nitrogens with one attached hydrogen (secondary N) is 1. The molecule has 1 saturated carbocycles. The Morgan fingerprint density at radius 2 is 1.80 bits per heavy atom. The Kier molecular flexibility index (Phi) is 4.49. The van der Waals surface area contributed by atoms with Gasteiger partial charge in [0.2, 0.25) is 0 Å². The van der Waals surface area contributed by atoms with E-state index < -0.39 is 0 Å². The van der Waals surface area contributed by atoms with Gasteiger partial charge < -0.3 is 15.1 Å². The number of nitrogens with zero attached hydrogens (tertiary/aromatic N) is 2. The summed E-state index contributed by atoms with van der Waals surface area (Å²) in [4.78, 5) is 17.0. The number of urea groups is 1. The van der Waals surface area contributed by atoms with Gasteiger partial charge in [-0.2, -0.15) is 0 Å². The van der Waals surface area contributed by atoms with Crippen molar-refractivity contribution < 1.29 is 4.79 Å². The molecule has 0 aromatic heterocycles. The lowest BCUT2D eigenvalue weighted by Gasteiger charge is -2.46. The molecule has 3 rings (SSSR count). The zero-order chi connectivity index (χ0) is 13.9. The molecule has 0 aromatic carbocycles. The van der Waals surface area contributed by atoms with Crippen LogP contribution in [0, 0.1) is 5.92 Å². The van der Waals surface area contributed by atoms with Crippen LogP contribution in [0.5, 0.6) is 0 Å². The number of likely N-dealkylation sites (tertiary alicyclic amines) is 2. The van der Waals surface area contributed by atoms with Gasteiger partial charge in [-0.05, 0) is 51.6 Å². The molecule has 2 saturated heterocycles. The molecule has 114 valence electrons. The van der Waals surface area contributed by atoms with Crippen molar-refractivity contribution in [3.63, 3.8) is 0 Å². The van der Waals surface area contributed by atoms with Crippen molar-refractivity contribution in [3.05, 3.63) is 0 Å². The van der Waals surface area contributed by atoms with Crippen molar-refractivity contribution >= 4 is 6.03 Å². The average molecular weight is 279 g/mol. The van der Waals surface area contributed by atoms with Gasteiger partial charge in [-0.3, -0.25) is 0 Å². The standard InChI is InChI=1S/C16H29N3O/c1-18-10-5-6-13-12-19(11-9-15(13)18)16(20)17-14-7-3-2-4-8-14/h13-15H,2-12H2,1H3,(H,17,20). The Labute approximate surface area is 122 Å². The molecule has 2 unspecified atom stereocenters. The molecule has 4 heteroatoms. The molecule has 0 aromatic rings. The smallest absolute Gasteiger partial charge is 0.317 e. The van der Waals surface area contributed by atoms with Gasteiger partial charge in [0.1, 0.15) is 0 Å². The van der Waals surface area contributed by atoms with Gasteiger partial charge in [-0.15, -0.1) is 0 Å². The molecule has 1 aliphatic carbocycles. The Balaban J connectivity index is 1.51. The summed E-state index contributed by atoms with van der Waals surface area (Å²) >= 11 is 0. The van der Waals surface area contributed by atoms with Crippen LogP contribution in [0.15, 0.2) is 0 Å². The van der Waals surface area contributed by atoms with Crippen molar-refractivity contribution in [3.8, 4) is 0 Å². The van der Waals surface area contributed by atoms with Crippen LogP contribution in [0.1, 0.15) is 51.4 Å². The number of rotatable bonds is 1. The number of piperidine rings is 2. The Hall–Kier alpha value is -0.770. The predicted octanol–water partition coefficient (Wildman–Crippen LogP) is 2.44. The second kappa shape index (κ2) is 6.33. The third-order valence-electron chi connectivity index (χ3n) is 5.57. The van der Waals surface area contributed by atoms with E-state index in [1.165, 1.54) is 51.5 Å². The summed E-state index contributed by atoms with van der Waals surface area (Å²) in [6.07, 6.45) is 9.98. The maximum Gasteiger partial charge on any atom is 0.317 e. The zero-order valence-electron chi connectivity index (χ0n) is 12.8. The van der Waals surface area contributed by atoms with Crippen LogP contribution in [0.2, 0.25) is 0 Å². The zero-order valence-corrected chi connectivity index (χ0v) is 12.8. The molecule has 20 heavy (non-hydrogen) atoms. The molecule has 2 heterocycles. The molecule has 0 spiro atoms. The van der Waals surface area contributed by atoms with Crippen molar-refractivity contribution in [2.24, 2.45) is 5.92 Å². The lowest BCUT2D eigenvalue weighted by atomic mass is 9.84. The predicted molar refractivity (Wildman–Crippen MR) is 80.7 cm³/mol. The quantitative estimate of drug-likeness (QED) is 0.800. The molecule has 4 nitrogen and oxygen atoms in total. The first-order valence-electron chi connectivity index (χ1n) is 8.50. The van der Waals surface area contributed by atoms with Gasteiger partial charge in [0, 0.05) is 25.2 Å². The van der Waals surface area contributed by atoms with E-state index in [9.17, 15) is 4.79 Å². The van der Waals surface area contributed by atoms with Gasteiger partial charge >= 0.3 is 6.03 Å². The van der Waals surface area contributed by atoms with Gasteiger partial charge in [0.25, 0.3) is 0 Å². The number of carbonyl (C=O) groups excluding carboxylic acids is 1. The molecule has 2 atom stereocenters. The number of hydrogen-bond acceptors (Lipinski definition) is 2. The summed E-state index contributed by atoms with van der Waals surface area (Å²) in [6.45, 7) is 3.13. The van der Waals surface area contributed by atoms with Crippen molar-refractivity contribution in [1.82, 2.24) is 15.1 Å². The van der Waals surface area contributed by atoms with Crippen LogP contribution < -0.4 is 5.32 Å².